The van der Waals surface area contributed by atoms with E-state index in [0.717, 1.165) is 6.08 Å². The zero-order chi connectivity index (χ0) is 11.6. The van der Waals surface area contributed by atoms with Gasteiger partial charge in [-0.15, -0.1) is 0 Å². The highest BCUT2D eigenvalue weighted by atomic mass is 16.5. The minimum atomic E-state index is -2.84. The van der Waals surface area contributed by atoms with Gasteiger partial charge < -0.3 is 20.4 Å². The van der Waals surface area contributed by atoms with Gasteiger partial charge in [-0.25, -0.2) is 9.59 Å². The summed E-state index contributed by atoms with van der Waals surface area (Å²) in [6, 6.07) is 0. The minimum absolute atomic E-state index is 0.712. The lowest BCUT2D eigenvalue weighted by atomic mass is 9.84. The molecule has 0 aromatic rings. The standard InChI is InChI=1S/C8H12O6/c1-3-4-8(14,6(11)12)7(2,13)5(9)10/h3-4,13-14H,1-2H3,(H,9,10)(H,11,12). The first kappa shape index (κ1) is 12.6. The molecule has 0 bridgehead atoms. The van der Waals surface area contributed by atoms with Crippen molar-refractivity contribution < 1.29 is 30.0 Å². The summed E-state index contributed by atoms with van der Waals surface area (Å²) in [5.74, 6) is -3.65. The van der Waals surface area contributed by atoms with E-state index >= 15 is 0 Å². The van der Waals surface area contributed by atoms with Crippen LogP contribution in [0.15, 0.2) is 12.2 Å². The minimum Gasteiger partial charge on any atom is -0.479 e. The quantitative estimate of drug-likeness (QED) is 0.446. The molecule has 2 unspecified atom stereocenters. The van der Waals surface area contributed by atoms with Crippen molar-refractivity contribution >= 4 is 11.9 Å². The predicted octanol–water partition coefficient (Wildman–Crippen LogP) is -0.786. The Balaban J connectivity index is 5.42. The van der Waals surface area contributed by atoms with Crippen molar-refractivity contribution in [3.8, 4) is 0 Å². The van der Waals surface area contributed by atoms with Crippen LogP contribution in [0.2, 0.25) is 0 Å². The molecule has 0 rings (SSSR count). The lowest BCUT2D eigenvalue weighted by molar-refractivity contribution is -0.193. The summed E-state index contributed by atoms with van der Waals surface area (Å²) in [5, 5.41) is 36.0. The van der Waals surface area contributed by atoms with Crippen LogP contribution < -0.4 is 0 Å². The number of carboxylic acids is 2. The molecule has 0 saturated carbocycles. The summed E-state index contributed by atoms with van der Waals surface area (Å²) in [5.41, 5.74) is -5.63. The van der Waals surface area contributed by atoms with Gasteiger partial charge >= 0.3 is 11.9 Å². The molecule has 0 aliphatic heterocycles. The van der Waals surface area contributed by atoms with Crippen molar-refractivity contribution in [3.63, 3.8) is 0 Å². The molecule has 6 heteroatoms. The SMILES string of the molecule is CC=CC(O)(C(=O)O)C(C)(O)C(=O)O. The Labute approximate surface area is 80.1 Å². The second-order valence-electron chi connectivity index (χ2n) is 2.95. The summed E-state index contributed by atoms with van der Waals surface area (Å²) in [6.45, 7) is 2.11. The van der Waals surface area contributed by atoms with Crippen LogP contribution in [0.1, 0.15) is 13.8 Å². The lowest BCUT2D eigenvalue weighted by Gasteiger charge is -2.31. The van der Waals surface area contributed by atoms with E-state index in [1.165, 1.54) is 6.92 Å². The van der Waals surface area contributed by atoms with Crippen LogP contribution in [0, 0.1) is 0 Å². The summed E-state index contributed by atoms with van der Waals surface area (Å²) in [7, 11) is 0. The second-order valence-corrected chi connectivity index (χ2v) is 2.95. The molecule has 0 aromatic carbocycles. The molecule has 0 fully saturated rings. The second kappa shape index (κ2) is 3.77. The van der Waals surface area contributed by atoms with Crippen LogP contribution in [0.3, 0.4) is 0 Å². The monoisotopic (exact) mass is 204 g/mol. The Morgan fingerprint density at radius 3 is 1.79 bits per heavy atom. The normalized spacial score (nSPS) is 20.0. The third kappa shape index (κ3) is 1.75. The maximum atomic E-state index is 10.6. The number of carboxylic acid groups (broad SMARTS) is 2. The number of carbonyl (C=O) groups is 2. The Morgan fingerprint density at radius 1 is 1.14 bits per heavy atom. The van der Waals surface area contributed by atoms with Crippen LogP contribution in [0.4, 0.5) is 0 Å². The Kier molecular flexibility index (Phi) is 3.39. The number of rotatable bonds is 4. The molecular weight excluding hydrogens is 192 g/mol. The van der Waals surface area contributed by atoms with Crippen LogP contribution in [0.5, 0.6) is 0 Å². The van der Waals surface area contributed by atoms with Crippen molar-refractivity contribution in [1.29, 1.82) is 0 Å². The van der Waals surface area contributed by atoms with Crippen molar-refractivity contribution in [2.45, 2.75) is 25.0 Å². The van der Waals surface area contributed by atoms with Gasteiger partial charge in [0.05, 0.1) is 0 Å². The van der Waals surface area contributed by atoms with E-state index in [4.69, 9.17) is 10.2 Å². The molecule has 0 spiro atoms. The van der Waals surface area contributed by atoms with E-state index < -0.39 is 23.1 Å². The average Bonchev–Trinajstić information content (AvgIpc) is 2.03. The van der Waals surface area contributed by atoms with E-state index in [0.29, 0.717) is 13.0 Å². The highest BCUT2D eigenvalue weighted by Gasteiger charge is 2.55. The number of allylic oxidation sites excluding steroid dienone is 1. The highest BCUT2D eigenvalue weighted by molar-refractivity contribution is 5.92. The Morgan fingerprint density at radius 2 is 1.57 bits per heavy atom. The maximum absolute atomic E-state index is 10.6. The van der Waals surface area contributed by atoms with Gasteiger partial charge in [0, 0.05) is 0 Å². The van der Waals surface area contributed by atoms with Gasteiger partial charge in [0.1, 0.15) is 0 Å². The van der Waals surface area contributed by atoms with Gasteiger partial charge in [-0.3, -0.25) is 0 Å². The van der Waals surface area contributed by atoms with Crippen molar-refractivity contribution in [3.05, 3.63) is 12.2 Å². The lowest BCUT2D eigenvalue weighted by Crippen LogP contribution is -2.60. The third-order valence-electron chi connectivity index (χ3n) is 1.89. The van der Waals surface area contributed by atoms with Gasteiger partial charge in [0.2, 0.25) is 11.2 Å². The number of hydrogen-bond donors (Lipinski definition) is 4. The largest absolute Gasteiger partial charge is 0.479 e. The molecule has 4 N–H and O–H groups in total. The van der Waals surface area contributed by atoms with Gasteiger partial charge in [0.15, 0.2) is 0 Å². The summed E-state index contributed by atoms with van der Waals surface area (Å²) in [4.78, 5) is 21.2. The molecule has 80 valence electrons. The first-order valence-corrected chi connectivity index (χ1v) is 3.75. The molecule has 14 heavy (non-hydrogen) atoms. The zero-order valence-electron chi connectivity index (χ0n) is 7.76. The molecule has 2 atom stereocenters. The number of aliphatic carboxylic acids is 2. The van der Waals surface area contributed by atoms with Crippen molar-refractivity contribution in [2.75, 3.05) is 0 Å². The van der Waals surface area contributed by atoms with Crippen LogP contribution >= 0.6 is 0 Å². The first-order valence-electron chi connectivity index (χ1n) is 3.75. The molecule has 0 aliphatic rings. The smallest absolute Gasteiger partial charge is 0.343 e. The van der Waals surface area contributed by atoms with E-state index in [2.05, 4.69) is 0 Å². The van der Waals surface area contributed by atoms with Crippen LogP contribution in [0.25, 0.3) is 0 Å². The Hall–Kier alpha value is -1.40. The summed E-state index contributed by atoms with van der Waals surface area (Å²) < 4.78 is 0. The molecule has 0 aromatic heterocycles. The first-order chi connectivity index (χ1) is 6.20. The zero-order valence-corrected chi connectivity index (χ0v) is 7.76. The van der Waals surface area contributed by atoms with Gasteiger partial charge in [-0.05, 0) is 19.9 Å². The van der Waals surface area contributed by atoms with Gasteiger partial charge in [-0.2, -0.15) is 0 Å². The number of hydrogen-bond acceptors (Lipinski definition) is 4. The fourth-order valence-corrected chi connectivity index (χ4v) is 0.846. The van der Waals surface area contributed by atoms with E-state index in [9.17, 15) is 19.8 Å². The summed E-state index contributed by atoms with van der Waals surface area (Å²) >= 11 is 0. The van der Waals surface area contributed by atoms with Gasteiger partial charge in [-0.1, -0.05) is 6.08 Å². The summed E-state index contributed by atoms with van der Waals surface area (Å²) in [6.07, 6.45) is 1.86. The molecular formula is C8H12O6. The Bertz CT molecular complexity index is 280. The molecule has 0 amide bonds. The van der Waals surface area contributed by atoms with Crippen molar-refractivity contribution in [2.24, 2.45) is 0 Å². The topological polar surface area (TPSA) is 115 Å². The third-order valence-corrected chi connectivity index (χ3v) is 1.89. The van der Waals surface area contributed by atoms with E-state index in [1.54, 1.807) is 0 Å². The van der Waals surface area contributed by atoms with Crippen LogP contribution in [-0.4, -0.2) is 43.6 Å². The van der Waals surface area contributed by atoms with Crippen molar-refractivity contribution in [1.82, 2.24) is 0 Å². The predicted molar refractivity (Wildman–Crippen MR) is 45.7 cm³/mol. The average molecular weight is 204 g/mol. The van der Waals surface area contributed by atoms with E-state index in [-0.39, 0.29) is 0 Å². The fraction of sp³-hybridized carbons (Fsp3) is 0.500. The van der Waals surface area contributed by atoms with Crippen LogP contribution in [-0.2, 0) is 9.59 Å². The van der Waals surface area contributed by atoms with E-state index in [1.807, 2.05) is 0 Å². The molecule has 0 radical (unpaired) electrons. The molecule has 0 heterocycles. The molecule has 0 saturated heterocycles. The fourth-order valence-electron chi connectivity index (χ4n) is 0.846. The molecule has 0 aliphatic carbocycles. The highest BCUT2D eigenvalue weighted by Crippen LogP contribution is 2.24. The maximum Gasteiger partial charge on any atom is 0.343 e. The van der Waals surface area contributed by atoms with Gasteiger partial charge in [0.25, 0.3) is 0 Å². The molecule has 6 nitrogen and oxygen atoms in total. The number of aliphatic hydroxyl groups is 2.